The van der Waals surface area contributed by atoms with Crippen molar-refractivity contribution in [3.8, 4) is 0 Å². The smallest absolute Gasteiger partial charge is 0.214 e. The van der Waals surface area contributed by atoms with Gasteiger partial charge in [-0.25, -0.2) is 8.42 Å². The van der Waals surface area contributed by atoms with Crippen molar-refractivity contribution in [3.05, 3.63) is 12.7 Å². The van der Waals surface area contributed by atoms with E-state index in [0.29, 0.717) is 19.5 Å². The lowest BCUT2D eigenvalue weighted by atomic mass is 10.1. The molecule has 0 aliphatic heterocycles. The lowest BCUT2D eigenvalue weighted by molar-refractivity contribution is 0.269. The van der Waals surface area contributed by atoms with Crippen molar-refractivity contribution in [1.29, 1.82) is 0 Å². The monoisotopic (exact) mass is 248 g/mol. The van der Waals surface area contributed by atoms with Crippen molar-refractivity contribution in [2.75, 3.05) is 25.9 Å². The van der Waals surface area contributed by atoms with Gasteiger partial charge in [0.25, 0.3) is 0 Å². The van der Waals surface area contributed by atoms with Gasteiger partial charge in [-0.3, -0.25) is 0 Å². The van der Waals surface area contributed by atoms with Crippen LogP contribution in [0.5, 0.6) is 0 Å². The lowest BCUT2D eigenvalue weighted by Gasteiger charge is -2.33. The Morgan fingerprint density at radius 1 is 1.38 bits per heavy atom. The Morgan fingerprint density at radius 2 is 1.94 bits per heavy atom. The van der Waals surface area contributed by atoms with Crippen molar-refractivity contribution >= 4 is 10.0 Å². The average Bonchev–Trinajstić information content (AvgIpc) is 2.12. The predicted octanol–water partition coefficient (Wildman–Crippen LogP) is 1.21. The quantitative estimate of drug-likeness (QED) is 0.544. The molecule has 0 bridgehead atoms. The molecule has 0 fully saturated rings. The summed E-state index contributed by atoms with van der Waals surface area (Å²) < 4.78 is 25.7. The molecule has 4 nitrogen and oxygen atoms in total. The van der Waals surface area contributed by atoms with Gasteiger partial charge in [0.05, 0.1) is 5.75 Å². The van der Waals surface area contributed by atoms with Crippen molar-refractivity contribution in [1.82, 2.24) is 9.62 Å². The number of nitrogens with zero attached hydrogens (tertiary/aromatic N) is 1. The van der Waals surface area contributed by atoms with E-state index in [0.717, 1.165) is 0 Å². The largest absolute Gasteiger partial charge is 0.320 e. The average molecular weight is 248 g/mol. The van der Waals surface area contributed by atoms with Crippen molar-refractivity contribution in [3.63, 3.8) is 0 Å². The molecular formula is C11H24N2O2S. The Morgan fingerprint density at radius 3 is 2.31 bits per heavy atom. The number of rotatable bonds is 7. The third-order valence-corrected chi connectivity index (χ3v) is 4.38. The van der Waals surface area contributed by atoms with Gasteiger partial charge in [-0.1, -0.05) is 6.08 Å². The Labute approximate surface area is 99.8 Å². The van der Waals surface area contributed by atoms with Crippen LogP contribution in [0, 0.1) is 0 Å². The van der Waals surface area contributed by atoms with E-state index in [1.54, 1.807) is 6.08 Å². The molecule has 0 aliphatic carbocycles. The van der Waals surface area contributed by atoms with Crippen LogP contribution in [0.3, 0.4) is 0 Å². The minimum absolute atomic E-state index is 0.180. The summed E-state index contributed by atoms with van der Waals surface area (Å²) in [5.41, 5.74) is -0.396. The van der Waals surface area contributed by atoms with Crippen molar-refractivity contribution in [2.24, 2.45) is 0 Å². The molecule has 0 radical (unpaired) electrons. The molecule has 0 amide bonds. The molecule has 0 saturated heterocycles. The molecule has 1 N–H and O–H groups in total. The summed E-state index contributed by atoms with van der Waals surface area (Å²) in [6.07, 6.45) is 2.25. The minimum atomic E-state index is -3.19. The molecule has 5 heteroatoms. The normalized spacial score (nSPS) is 13.1. The first-order chi connectivity index (χ1) is 7.25. The van der Waals surface area contributed by atoms with E-state index in [9.17, 15) is 8.42 Å². The standard InChI is InChI=1S/C11H24N2O2S/c1-6-9-13(11(2,3)4)16(14,15)10-7-8-12-5/h6,12H,1,7-10H2,2-5H3. The molecule has 96 valence electrons. The third kappa shape index (κ3) is 5.09. The van der Waals surface area contributed by atoms with Crippen LogP contribution in [0.2, 0.25) is 0 Å². The molecule has 0 unspecified atom stereocenters. The molecular weight excluding hydrogens is 224 g/mol. The maximum absolute atomic E-state index is 12.1. The lowest BCUT2D eigenvalue weighted by Crippen LogP contribution is -2.46. The maximum Gasteiger partial charge on any atom is 0.214 e. The summed E-state index contributed by atoms with van der Waals surface area (Å²) in [7, 11) is -1.38. The van der Waals surface area contributed by atoms with E-state index in [-0.39, 0.29) is 5.75 Å². The highest BCUT2D eigenvalue weighted by Crippen LogP contribution is 2.18. The van der Waals surface area contributed by atoms with E-state index in [4.69, 9.17) is 0 Å². The van der Waals surface area contributed by atoms with Crippen LogP contribution in [0.25, 0.3) is 0 Å². The van der Waals surface area contributed by atoms with Crippen LogP contribution < -0.4 is 5.32 Å². The van der Waals surface area contributed by atoms with E-state index < -0.39 is 15.6 Å². The highest BCUT2D eigenvalue weighted by molar-refractivity contribution is 7.89. The zero-order valence-corrected chi connectivity index (χ0v) is 11.6. The van der Waals surface area contributed by atoms with Gasteiger partial charge < -0.3 is 5.32 Å². The van der Waals surface area contributed by atoms with E-state index >= 15 is 0 Å². The molecule has 0 aliphatic rings. The fourth-order valence-corrected chi connectivity index (χ4v) is 3.36. The Kier molecular flexibility index (Phi) is 6.22. The molecule has 0 atom stereocenters. The topological polar surface area (TPSA) is 49.4 Å². The summed E-state index contributed by atoms with van der Waals surface area (Å²) in [4.78, 5) is 0. The number of nitrogens with one attached hydrogen (secondary N) is 1. The van der Waals surface area contributed by atoms with Gasteiger partial charge in [-0.15, -0.1) is 6.58 Å². The highest BCUT2D eigenvalue weighted by atomic mass is 32.2. The molecule has 16 heavy (non-hydrogen) atoms. The van der Waals surface area contributed by atoms with Crippen LogP contribution in [-0.4, -0.2) is 44.2 Å². The van der Waals surface area contributed by atoms with Gasteiger partial charge in [-0.05, 0) is 40.8 Å². The number of sulfonamides is 1. The van der Waals surface area contributed by atoms with Gasteiger partial charge in [0.1, 0.15) is 0 Å². The number of hydrogen-bond acceptors (Lipinski definition) is 3. The second-order valence-electron chi connectivity index (χ2n) is 4.76. The van der Waals surface area contributed by atoms with Crippen molar-refractivity contribution in [2.45, 2.75) is 32.7 Å². The Balaban J connectivity index is 4.70. The molecule has 0 spiro atoms. The Hall–Kier alpha value is -0.390. The van der Waals surface area contributed by atoms with E-state index in [1.807, 2.05) is 27.8 Å². The van der Waals surface area contributed by atoms with Gasteiger partial charge in [0.15, 0.2) is 0 Å². The molecule has 0 rings (SSSR count). The van der Waals surface area contributed by atoms with Crippen LogP contribution in [-0.2, 0) is 10.0 Å². The predicted molar refractivity (Wildman–Crippen MR) is 69.0 cm³/mol. The minimum Gasteiger partial charge on any atom is -0.320 e. The summed E-state index contributed by atoms with van der Waals surface area (Å²) >= 11 is 0. The first-order valence-corrected chi connectivity index (χ1v) is 7.12. The van der Waals surface area contributed by atoms with Crippen LogP contribution in [0.1, 0.15) is 27.2 Å². The highest BCUT2D eigenvalue weighted by Gasteiger charge is 2.30. The molecule has 0 aromatic carbocycles. The van der Waals surface area contributed by atoms with Gasteiger partial charge in [0, 0.05) is 12.1 Å². The SMILES string of the molecule is C=CCN(C(C)(C)C)S(=O)(=O)CCCNC. The van der Waals surface area contributed by atoms with Gasteiger partial charge in [0.2, 0.25) is 10.0 Å². The summed E-state index contributed by atoms with van der Waals surface area (Å²) in [6, 6.07) is 0. The van der Waals surface area contributed by atoms with Crippen LogP contribution in [0.4, 0.5) is 0 Å². The van der Waals surface area contributed by atoms with Crippen molar-refractivity contribution < 1.29 is 8.42 Å². The Bertz CT molecular complexity index is 304. The fraction of sp³-hybridized carbons (Fsp3) is 0.818. The molecule has 0 saturated carbocycles. The number of hydrogen-bond donors (Lipinski definition) is 1. The molecule has 0 heterocycles. The van der Waals surface area contributed by atoms with Gasteiger partial charge in [-0.2, -0.15) is 4.31 Å². The van der Waals surface area contributed by atoms with Gasteiger partial charge >= 0.3 is 0 Å². The first-order valence-electron chi connectivity index (χ1n) is 5.51. The zero-order valence-electron chi connectivity index (χ0n) is 10.8. The second-order valence-corrected chi connectivity index (χ2v) is 6.78. The zero-order chi connectivity index (χ0) is 12.8. The third-order valence-electron chi connectivity index (χ3n) is 2.21. The summed E-state index contributed by atoms with van der Waals surface area (Å²) in [5.74, 6) is 0.180. The summed E-state index contributed by atoms with van der Waals surface area (Å²) in [5, 5.41) is 2.95. The fourth-order valence-electron chi connectivity index (χ4n) is 1.46. The van der Waals surface area contributed by atoms with E-state index in [2.05, 4.69) is 11.9 Å². The molecule has 0 aromatic rings. The first kappa shape index (κ1) is 15.6. The summed E-state index contributed by atoms with van der Waals surface area (Å²) in [6.45, 7) is 10.4. The van der Waals surface area contributed by atoms with Crippen LogP contribution >= 0.6 is 0 Å². The van der Waals surface area contributed by atoms with E-state index in [1.165, 1.54) is 4.31 Å². The van der Waals surface area contributed by atoms with Crippen LogP contribution in [0.15, 0.2) is 12.7 Å². The second kappa shape index (κ2) is 6.37. The molecule has 0 aromatic heterocycles. The maximum atomic E-state index is 12.1.